The maximum Gasteiger partial charge on any atom is 0.170 e. The van der Waals surface area contributed by atoms with Crippen LogP contribution >= 0.6 is 0 Å². The highest BCUT2D eigenvalue weighted by Crippen LogP contribution is 2.28. The predicted molar refractivity (Wildman–Crippen MR) is 74.0 cm³/mol. The van der Waals surface area contributed by atoms with Gasteiger partial charge in [-0.1, -0.05) is 18.2 Å². The lowest BCUT2D eigenvalue weighted by Gasteiger charge is -2.09. The fourth-order valence-corrected chi connectivity index (χ4v) is 1.96. The van der Waals surface area contributed by atoms with E-state index in [1.807, 2.05) is 0 Å². The molecule has 3 nitrogen and oxygen atoms in total. The number of hydrogen-bond acceptors (Lipinski definition) is 3. The molecule has 0 aliphatic heterocycles. The van der Waals surface area contributed by atoms with Crippen molar-refractivity contribution in [2.24, 2.45) is 0 Å². The predicted octanol–water partition coefficient (Wildman–Crippen LogP) is 3.27. The molecule has 0 spiro atoms. The minimum atomic E-state index is -0.502. The third kappa shape index (κ3) is 2.96. The van der Waals surface area contributed by atoms with Crippen LogP contribution in [0.2, 0.25) is 0 Å². The highest BCUT2D eigenvalue weighted by atomic mass is 19.1. The van der Waals surface area contributed by atoms with E-state index in [1.165, 1.54) is 19.2 Å². The molecule has 0 atom stereocenters. The van der Waals surface area contributed by atoms with E-state index < -0.39 is 5.82 Å². The van der Waals surface area contributed by atoms with Crippen molar-refractivity contribution in [1.82, 2.24) is 0 Å². The van der Waals surface area contributed by atoms with Crippen LogP contribution < -0.4 is 9.47 Å². The number of benzene rings is 2. The van der Waals surface area contributed by atoms with Crippen molar-refractivity contribution < 1.29 is 18.7 Å². The lowest BCUT2D eigenvalue weighted by molar-refractivity contribution is 0.0989. The summed E-state index contributed by atoms with van der Waals surface area (Å²) < 4.78 is 23.8. The first-order valence-corrected chi connectivity index (χ1v) is 6.14. The van der Waals surface area contributed by atoms with Crippen molar-refractivity contribution in [2.45, 2.75) is 6.42 Å². The Kier molecular flexibility index (Phi) is 4.35. The molecule has 0 aromatic heterocycles. The van der Waals surface area contributed by atoms with E-state index in [9.17, 15) is 9.18 Å². The van der Waals surface area contributed by atoms with E-state index in [0.29, 0.717) is 11.5 Å². The molecule has 4 heteroatoms. The van der Waals surface area contributed by atoms with Crippen LogP contribution in [0.15, 0.2) is 42.5 Å². The number of hydrogen-bond donors (Lipinski definition) is 0. The van der Waals surface area contributed by atoms with E-state index in [4.69, 9.17) is 9.47 Å². The molecule has 0 amide bonds. The van der Waals surface area contributed by atoms with E-state index in [-0.39, 0.29) is 17.8 Å². The minimum Gasteiger partial charge on any atom is -0.493 e. The van der Waals surface area contributed by atoms with Crippen LogP contribution in [0.5, 0.6) is 11.5 Å². The summed E-state index contributed by atoms with van der Waals surface area (Å²) >= 11 is 0. The van der Waals surface area contributed by atoms with Crippen molar-refractivity contribution in [3.63, 3.8) is 0 Å². The molecule has 2 aromatic carbocycles. The summed E-state index contributed by atoms with van der Waals surface area (Å²) in [5.74, 6) is 0.370. The van der Waals surface area contributed by atoms with Gasteiger partial charge in [0.15, 0.2) is 17.3 Å². The van der Waals surface area contributed by atoms with Crippen LogP contribution in [0.3, 0.4) is 0 Å². The number of halogens is 1. The summed E-state index contributed by atoms with van der Waals surface area (Å²) in [6, 6.07) is 11.2. The molecular weight excluding hydrogens is 259 g/mol. The van der Waals surface area contributed by atoms with E-state index >= 15 is 0 Å². The van der Waals surface area contributed by atoms with Gasteiger partial charge in [-0.3, -0.25) is 4.79 Å². The fraction of sp³-hybridized carbons (Fsp3) is 0.188. The van der Waals surface area contributed by atoms with Gasteiger partial charge < -0.3 is 9.47 Å². The molecule has 2 rings (SSSR count). The number of carbonyl (C=O) groups excluding carboxylic acids is 1. The zero-order valence-electron chi connectivity index (χ0n) is 11.4. The van der Waals surface area contributed by atoms with Gasteiger partial charge in [-0.2, -0.15) is 0 Å². The fourth-order valence-electron chi connectivity index (χ4n) is 1.96. The van der Waals surface area contributed by atoms with Gasteiger partial charge in [-0.05, 0) is 29.8 Å². The van der Waals surface area contributed by atoms with Gasteiger partial charge in [0.1, 0.15) is 5.82 Å². The second-order valence-electron chi connectivity index (χ2n) is 4.27. The van der Waals surface area contributed by atoms with Crippen LogP contribution in [-0.4, -0.2) is 20.0 Å². The number of ketones is 1. The molecule has 0 aliphatic rings. The first-order valence-electron chi connectivity index (χ1n) is 6.14. The Morgan fingerprint density at radius 3 is 2.40 bits per heavy atom. The van der Waals surface area contributed by atoms with Gasteiger partial charge in [0.25, 0.3) is 0 Å². The SMILES string of the molecule is COc1ccc(CC(=O)c2ccccc2F)cc1OC. The zero-order chi connectivity index (χ0) is 14.5. The van der Waals surface area contributed by atoms with Crippen LogP contribution in [0, 0.1) is 5.82 Å². The highest BCUT2D eigenvalue weighted by Gasteiger charge is 2.13. The number of rotatable bonds is 5. The zero-order valence-corrected chi connectivity index (χ0v) is 11.4. The number of ether oxygens (including phenoxy) is 2. The average molecular weight is 274 g/mol. The van der Waals surface area contributed by atoms with Crippen molar-refractivity contribution >= 4 is 5.78 Å². The first-order chi connectivity index (χ1) is 9.65. The molecule has 0 aliphatic carbocycles. The maximum absolute atomic E-state index is 13.5. The molecular formula is C16H15FO3. The van der Waals surface area contributed by atoms with Crippen molar-refractivity contribution in [3.8, 4) is 11.5 Å². The number of Topliss-reactive ketones (excluding diaryl/α,β-unsaturated/α-hetero) is 1. The van der Waals surface area contributed by atoms with E-state index in [0.717, 1.165) is 5.56 Å². The smallest absolute Gasteiger partial charge is 0.170 e. The summed E-state index contributed by atoms with van der Waals surface area (Å²) in [6.45, 7) is 0. The lowest BCUT2D eigenvalue weighted by Crippen LogP contribution is -2.06. The van der Waals surface area contributed by atoms with Gasteiger partial charge in [0, 0.05) is 6.42 Å². The van der Waals surface area contributed by atoms with Crippen LogP contribution in [0.25, 0.3) is 0 Å². The normalized spacial score (nSPS) is 10.2. The van der Waals surface area contributed by atoms with Crippen LogP contribution in [0.1, 0.15) is 15.9 Å². The summed E-state index contributed by atoms with van der Waals surface area (Å²) in [5, 5.41) is 0. The summed E-state index contributed by atoms with van der Waals surface area (Å²) in [6.07, 6.45) is 0.112. The van der Waals surface area contributed by atoms with Crippen molar-refractivity contribution in [3.05, 3.63) is 59.4 Å². The Morgan fingerprint density at radius 2 is 1.75 bits per heavy atom. The second kappa shape index (κ2) is 6.19. The Labute approximate surface area is 117 Å². The molecule has 0 bridgehead atoms. The van der Waals surface area contributed by atoms with Crippen molar-refractivity contribution in [1.29, 1.82) is 0 Å². The molecule has 20 heavy (non-hydrogen) atoms. The van der Waals surface area contributed by atoms with Gasteiger partial charge in [-0.15, -0.1) is 0 Å². The Hall–Kier alpha value is -2.36. The second-order valence-corrected chi connectivity index (χ2v) is 4.27. The van der Waals surface area contributed by atoms with E-state index in [1.54, 1.807) is 37.4 Å². The standard InChI is InChI=1S/C16H15FO3/c1-19-15-8-7-11(10-16(15)20-2)9-14(18)12-5-3-4-6-13(12)17/h3-8,10H,9H2,1-2H3. The molecule has 0 heterocycles. The molecule has 0 saturated carbocycles. The molecule has 104 valence electrons. The monoisotopic (exact) mass is 274 g/mol. The highest BCUT2D eigenvalue weighted by molar-refractivity contribution is 5.97. The van der Waals surface area contributed by atoms with Gasteiger partial charge in [-0.25, -0.2) is 4.39 Å². The first kappa shape index (κ1) is 14.1. The average Bonchev–Trinajstić information content (AvgIpc) is 2.47. The van der Waals surface area contributed by atoms with Gasteiger partial charge in [0.05, 0.1) is 19.8 Å². The summed E-state index contributed by atoms with van der Waals surface area (Å²) in [4.78, 5) is 12.1. The molecule has 0 unspecified atom stereocenters. The largest absolute Gasteiger partial charge is 0.493 e. The molecule has 2 aromatic rings. The minimum absolute atomic E-state index is 0.0993. The summed E-state index contributed by atoms with van der Waals surface area (Å²) in [7, 11) is 3.07. The van der Waals surface area contributed by atoms with Crippen molar-refractivity contribution in [2.75, 3.05) is 14.2 Å². The quantitative estimate of drug-likeness (QED) is 0.785. The number of carbonyl (C=O) groups is 1. The topological polar surface area (TPSA) is 35.5 Å². The Balaban J connectivity index is 2.22. The molecule has 0 saturated heterocycles. The van der Waals surface area contributed by atoms with Crippen LogP contribution in [-0.2, 0) is 6.42 Å². The van der Waals surface area contributed by atoms with E-state index in [2.05, 4.69) is 0 Å². The Morgan fingerprint density at radius 1 is 1.05 bits per heavy atom. The molecule has 0 radical (unpaired) electrons. The van der Waals surface area contributed by atoms with Gasteiger partial charge in [0.2, 0.25) is 0 Å². The lowest BCUT2D eigenvalue weighted by atomic mass is 10.0. The Bertz CT molecular complexity index is 623. The summed E-state index contributed by atoms with van der Waals surface area (Å²) in [5.41, 5.74) is 0.846. The molecule has 0 fully saturated rings. The third-order valence-corrected chi connectivity index (χ3v) is 2.99. The number of methoxy groups -OCH3 is 2. The van der Waals surface area contributed by atoms with Crippen LogP contribution in [0.4, 0.5) is 4.39 Å². The maximum atomic E-state index is 13.5. The molecule has 0 N–H and O–H groups in total. The third-order valence-electron chi connectivity index (χ3n) is 2.99. The van der Waals surface area contributed by atoms with Gasteiger partial charge >= 0.3 is 0 Å².